The number of aliphatic carboxylic acids is 1. The number of carboxylic acids is 1. The summed E-state index contributed by atoms with van der Waals surface area (Å²) in [6, 6.07) is 9.32. The molecule has 0 saturated carbocycles. The lowest BCUT2D eigenvalue weighted by atomic mass is 10.2. The van der Waals surface area contributed by atoms with Gasteiger partial charge in [-0.05, 0) is 43.3 Å². The lowest BCUT2D eigenvalue weighted by molar-refractivity contribution is -0.141. The summed E-state index contributed by atoms with van der Waals surface area (Å²) in [6.45, 7) is 2.69. The maximum absolute atomic E-state index is 12.0. The molecular weight excluding hydrogens is 312 g/mol. The Morgan fingerprint density at radius 3 is 2.58 bits per heavy atom. The van der Waals surface area contributed by atoms with E-state index in [1.165, 1.54) is 6.26 Å². The van der Waals surface area contributed by atoms with Crippen LogP contribution >= 0.6 is 0 Å². The smallest absolute Gasteiger partial charge is 0.321 e. The zero-order valence-corrected chi connectivity index (χ0v) is 13.3. The van der Waals surface area contributed by atoms with Crippen molar-refractivity contribution < 1.29 is 23.8 Å². The van der Waals surface area contributed by atoms with Gasteiger partial charge in [-0.2, -0.15) is 0 Å². The molecule has 1 unspecified atom stereocenters. The predicted molar refractivity (Wildman–Crippen MR) is 87.8 cm³/mol. The summed E-state index contributed by atoms with van der Waals surface area (Å²) in [6.07, 6.45) is 1.31. The van der Waals surface area contributed by atoms with Gasteiger partial charge in [-0.15, -0.1) is 0 Å². The first-order chi connectivity index (χ1) is 11.6. The van der Waals surface area contributed by atoms with Gasteiger partial charge in [0, 0.05) is 5.69 Å². The van der Waals surface area contributed by atoms with E-state index in [-0.39, 0.29) is 13.0 Å². The molecular formula is C17H20N2O5. The second-order valence-corrected chi connectivity index (χ2v) is 5.06. The molecule has 2 aromatic rings. The zero-order chi connectivity index (χ0) is 17.4. The summed E-state index contributed by atoms with van der Waals surface area (Å²) < 4.78 is 10.4. The van der Waals surface area contributed by atoms with Crippen molar-refractivity contribution in [3.8, 4) is 5.75 Å². The fourth-order valence-electron chi connectivity index (χ4n) is 2.08. The van der Waals surface area contributed by atoms with Crippen molar-refractivity contribution in [1.82, 2.24) is 5.32 Å². The van der Waals surface area contributed by atoms with Crippen LogP contribution < -0.4 is 15.4 Å². The van der Waals surface area contributed by atoms with Gasteiger partial charge in [0.15, 0.2) is 0 Å². The Kier molecular flexibility index (Phi) is 6.39. The van der Waals surface area contributed by atoms with Crippen LogP contribution in [0, 0.1) is 0 Å². The van der Waals surface area contributed by atoms with Crippen LogP contribution in [-0.4, -0.2) is 29.6 Å². The first-order valence-electron chi connectivity index (χ1n) is 7.59. The molecule has 3 N–H and O–H groups in total. The summed E-state index contributed by atoms with van der Waals surface area (Å²) in [5.41, 5.74) is 0.582. The van der Waals surface area contributed by atoms with E-state index in [0.29, 0.717) is 23.8 Å². The molecule has 0 aliphatic heterocycles. The fourth-order valence-corrected chi connectivity index (χ4v) is 2.08. The Morgan fingerprint density at radius 1 is 1.25 bits per heavy atom. The van der Waals surface area contributed by atoms with Crippen molar-refractivity contribution in [3.05, 3.63) is 48.4 Å². The maximum atomic E-state index is 12.0. The number of ether oxygens (including phenoxy) is 1. The van der Waals surface area contributed by atoms with Crippen molar-refractivity contribution in [2.24, 2.45) is 0 Å². The number of carbonyl (C=O) groups is 2. The largest absolute Gasteiger partial charge is 0.494 e. The van der Waals surface area contributed by atoms with Gasteiger partial charge in [0.05, 0.1) is 25.8 Å². The Balaban J connectivity index is 1.86. The van der Waals surface area contributed by atoms with E-state index in [0.717, 1.165) is 0 Å². The summed E-state index contributed by atoms with van der Waals surface area (Å²) >= 11 is 0. The molecule has 0 saturated heterocycles. The molecule has 0 radical (unpaired) electrons. The van der Waals surface area contributed by atoms with Crippen molar-refractivity contribution >= 4 is 17.6 Å². The number of furan rings is 1. The number of carbonyl (C=O) groups excluding carboxylic acids is 1. The third-order valence-electron chi connectivity index (χ3n) is 3.24. The molecule has 128 valence electrons. The molecule has 1 aromatic carbocycles. The van der Waals surface area contributed by atoms with E-state index in [1.807, 2.05) is 6.92 Å². The molecule has 1 atom stereocenters. The lowest BCUT2D eigenvalue weighted by Gasteiger charge is -2.14. The van der Waals surface area contributed by atoms with E-state index in [9.17, 15) is 14.7 Å². The number of rotatable bonds is 9. The van der Waals surface area contributed by atoms with Gasteiger partial charge in [-0.25, -0.2) is 0 Å². The van der Waals surface area contributed by atoms with E-state index >= 15 is 0 Å². The molecule has 0 spiro atoms. The van der Waals surface area contributed by atoms with Gasteiger partial charge >= 0.3 is 5.97 Å². The van der Waals surface area contributed by atoms with Gasteiger partial charge in [-0.1, -0.05) is 0 Å². The van der Waals surface area contributed by atoms with Gasteiger partial charge in [-0.3, -0.25) is 14.9 Å². The summed E-state index contributed by atoms with van der Waals surface area (Å²) in [5, 5.41) is 14.7. The monoisotopic (exact) mass is 332 g/mol. The Morgan fingerprint density at radius 2 is 2.00 bits per heavy atom. The minimum Gasteiger partial charge on any atom is -0.494 e. The van der Waals surface area contributed by atoms with Crippen LogP contribution in [0.4, 0.5) is 5.69 Å². The molecule has 1 aromatic heterocycles. The van der Waals surface area contributed by atoms with E-state index in [1.54, 1.807) is 36.4 Å². The highest BCUT2D eigenvalue weighted by atomic mass is 16.5. The Labute approximate surface area is 139 Å². The highest BCUT2D eigenvalue weighted by molar-refractivity contribution is 5.94. The summed E-state index contributed by atoms with van der Waals surface area (Å²) in [7, 11) is 0. The minimum absolute atomic E-state index is 0.191. The number of anilines is 1. The highest BCUT2D eigenvalue weighted by Crippen LogP contribution is 2.16. The van der Waals surface area contributed by atoms with Crippen LogP contribution in [0.25, 0.3) is 0 Å². The molecule has 7 heteroatoms. The van der Waals surface area contributed by atoms with E-state index in [4.69, 9.17) is 9.15 Å². The third kappa shape index (κ3) is 5.44. The second-order valence-electron chi connectivity index (χ2n) is 5.06. The van der Waals surface area contributed by atoms with E-state index in [2.05, 4.69) is 10.6 Å². The number of hydrogen-bond donors (Lipinski definition) is 3. The standard InChI is InChI=1S/C17H20N2O5/c1-2-23-13-7-5-12(6-8-13)19-16(20)10-15(17(21)22)18-11-14-4-3-9-24-14/h3-9,15,18H,2,10-11H2,1H3,(H,19,20)(H,21,22). The average Bonchev–Trinajstić information content (AvgIpc) is 3.06. The van der Waals surface area contributed by atoms with Gasteiger partial charge < -0.3 is 19.6 Å². The molecule has 1 heterocycles. The van der Waals surface area contributed by atoms with Crippen LogP contribution in [-0.2, 0) is 16.1 Å². The Bertz CT molecular complexity index is 652. The maximum Gasteiger partial charge on any atom is 0.321 e. The molecule has 2 rings (SSSR count). The normalized spacial score (nSPS) is 11.7. The number of carboxylic acid groups (broad SMARTS) is 1. The van der Waals surface area contributed by atoms with E-state index < -0.39 is 17.9 Å². The summed E-state index contributed by atoms with van der Waals surface area (Å²) in [4.78, 5) is 23.3. The quantitative estimate of drug-likeness (QED) is 0.651. The van der Waals surface area contributed by atoms with Crippen molar-refractivity contribution in [2.45, 2.75) is 25.9 Å². The third-order valence-corrected chi connectivity index (χ3v) is 3.24. The predicted octanol–water partition coefficient (Wildman–Crippen LogP) is 2.25. The van der Waals surface area contributed by atoms with Gasteiger partial charge in [0.2, 0.25) is 5.91 Å². The molecule has 0 aliphatic rings. The van der Waals surface area contributed by atoms with Gasteiger partial charge in [0.1, 0.15) is 17.6 Å². The van der Waals surface area contributed by atoms with Crippen molar-refractivity contribution in [3.63, 3.8) is 0 Å². The fraction of sp³-hybridized carbons (Fsp3) is 0.294. The lowest BCUT2D eigenvalue weighted by Crippen LogP contribution is -2.39. The molecule has 24 heavy (non-hydrogen) atoms. The van der Waals surface area contributed by atoms with Crippen LogP contribution in [0.3, 0.4) is 0 Å². The molecule has 0 aliphatic carbocycles. The number of nitrogens with one attached hydrogen (secondary N) is 2. The van der Waals surface area contributed by atoms with Crippen LogP contribution in [0.15, 0.2) is 47.1 Å². The number of benzene rings is 1. The first kappa shape index (κ1) is 17.6. The first-order valence-corrected chi connectivity index (χ1v) is 7.59. The van der Waals surface area contributed by atoms with Gasteiger partial charge in [0.25, 0.3) is 0 Å². The van der Waals surface area contributed by atoms with Crippen LogP contribution in [0.5, 0.6) is 5.75 Å². The topological polar surface area (TPSA) is 101 Å². The Hall–Kier alpha value is -2.80. The number of amides is 1. The zero-order valence-electron chi connectivity index (χ0n) is 13.3. The molecule has 0 bridgehead atoms. The second kappa shape index (κ2) is 8.73. The van der Waals surface area contributed by atoms with Crippen molar-refractivity contribution in [2.75, 3.05) is 11.9 Å². The average molecular weight is 332 g/mol. The molecule has 0 fully saturated rings. The molecule has 7 nitrogen and oxygen atoms in total. The van der Waals surface area contributed by atoms with Crippen LogP contribution in [0.1, 0.15) is 19.1 Å². The molecule has 1 amide bonds. The number of hydrogen-bond acceptors (Lipinski definition) is 5. The summed E-state index contributed by atoms with van der Waals surface area (Å²) in [5.74, 6) is -0.172. The highest BCUT2D eigenvalue weighted by Gasteiger charge is 2.21. The SMILES string of the molecule is CCOc1ccc(NC(=O)CC(NCc2ccco2)C(=O)O)cc1. The van der Waals surface area contributed by atoms with Crippen LogP contribution in [0.2, 0.25) is 0 Å². The minimum atomic E-state index is -1.09. The van der Waals surface area contributed by atoms with Crippen molar-refractivity contribution in [1.29, 1.82) is 0 Å².